The van der Waals surface area contributed by atoms with Crippen molar-refractivity contribution in [1.29, 1.82) is 0 Å². The van der Waals surface area contributed by atoms with E-state index >= 15 is 0 Å². The number of nitrogens with one attached hydrogen (secondary N) is 1. The van der Waals surface area contributed by atoms with Crippen LogP contribution < -0.4 is 19.5 Å². The SMILES string of the molecule is COc1cc(C2/C(=C(\[O-])c3ccc(OCC(C)C)cc3)C(=O)C(=O)N2CC[NH+](C)C)ccc1O. The molecule has 0 spiro atoms. The number of rotatable bonds is 9. The number of amides is 1. The lowest BCUT2D eigenvalue weighted by Crippen LogP contribution is -3.06. The number of ketones is 1. The van der Waals surface area contributed by atoms with Gasteiger partial charge < -0.3 is 29.5 Å². The predicted molar refractivity (Wildman–Crippen MR) is 125 cm³/mol. The summed E-state index contributed by atoms with van der Waals surface area (Å²) in [5.41, 5.74) is 0.703. The molecule has 1 unspecified atom stereocenters. The molecular weight excluding hydrogens is 436 g/mol. The lowest BCUT2D eigenvalue weighted by molar-refractivity contribution is -0.857. The number of methoxy groups -OCH3 is 1. The topological polar surface area (TPSA) is 104 Å². The van der Waals surface area contributed by atoms with Gasteiger partial charge in [-0.3, -0.25) is 9.59 Å². The molecule has 1 aliphatic rings. The highest BCUT2D eigenvalue weighted by molar-refractivity contribution is 6.46. The zero-order valence-electron chi connectivity index (χ0n) is 20.3. The summed E-state index contributed by atoms with van der Waals surface area (Å²) in [4.78, 5) is 28.6. The van der Waals surface area contributed by atoms with Crippen molar-refractivity contribution >= 4 is 17.4 Å². The lowest BCUT2D eigenvalue weighted by atomic mass is 9.95. The van der Waals surface area contributed by atoms with Crippen LogP contribution >= 0.6 is 0 Å². The molecule has 8 nitrogen and oxygen atoms in total. The van der Waals surface area contributed by atoms with E-state index in [9.17, 15) is 19.8 Å². The van der Waals surface area contributed by atoms with Gasteiger partial charge in [-0.2, -0.15) is 0 Å². The first-order chi connectivity index (χ1) is 16.1. The van der Waals surface area contributed by atoms with Crippen LogP contribution in [-0.2, 0) is 9.59 Å². The second-order valence-electron chi connectivity index (χ2n) is 9.09. The van der Waals surface area contributed by atoms with Crippen molar-refractivity contribution in [3.05, 3.63) is 59.2 Å². The summed E-state index contributed by atoms with van der Waals surface area (Å²) < 4.78 is 10.9. The van der Waals surface area contributed by atoms with E-state index in [0.717, 1.165) is 4.90 Å². The lowest BCUT2D eigenvalue weighted by Gasteiger charge is -2.28. The fourth-order valence-electron chi connectivity index (χ4n) is 3.78. The Bertz CT molecular complexity index is 1080. The van der Waals surface area contributed by atoms with Gasteiger partial charge in [-0.1, -0.05) is 37.8 Å². The van der Waals surface area contributed by atoms with Gasteiger partial charge in [0.25, 0.3) is 5.91 Å². The monoisotopic (exact) mass is 468 g/mol. The molecule has 2 aromatic carbocycles. The number of phenolic OH excluding ortho intramolecular Hbond substituents is 1. The number of carbonyl (C=O) groups excluding carboxylic acids is 2. The maximum atomic E-state index is 13.5. The van der Waals surface area contributed by atoms with E-state index in [1.807, 2.05) is 27.9 Å². The standard InChI is InChI=1S/C26H32N2O6/c1-16(2)15-34-19-9-6-17(7-10-19)24(30)22-23(18-8-11-20(29)21(14-18)33-5)28(13-12-27(3)4)26(32)25(22)31/h6-11,14,16,23,29-30H,12-13,15H2,1-5H3/b24-22+. The molecule has 8 heteroatoms. The average Bonchev–Trinajstić information content (AvgIpc) is 3.06. The molecular formula is C26H32N2O6. The third-order valence-corrected chi connectivity index (χ3v) is 5.60. The maximum absolute atomic E-state index is 13.5. The van der Waals surface area contributed by atoms with Gasteiger partial charge in [-0.05, 0) is 41.3 Å². The highest BCUT2D eigenvalue weighted by Crippen LogP contribution is 2.41. The number of Topliss-reactive ketones (excluding diaryl/α,β-unsaturated/α-hetero) is 1. The van der Waals surface area contributed by atoms with E-state index < -0.39 is 23.5 Å². The largest absolute Gasteiger partial charge is 0.872 e. The van der Waals surface area contributed by atoms with Crippen molar-refractivity contribution in [3.63, 3.8) is 0 Å². The molecule has 2 N–H and O–H groups in total. The Morgan fingerprint density at radius 2 is 1.82 bits per heavy atom. The first-order valence-electron chi connectivity index (χ1n) is 11.3. The number of benzene rings is 2. The average molecular weight is 469 g/mol. The summed E-state index contributed by atoms with van der Waals surface area (Å²) in [6.45, 7) is 5.51. The predicted octanol–water partition coefficient (Wildman–Crippen LogP) is 0.804. The first kappa shape index (κ1) is 25.1. The number of hydrogen-bond donors (Lipinski definition) is 2. The third-order valence-electron chi connectivity index (χ3n) is 5.60. The van der Waals surface area contributed by atoms with Crippen molar-refractivity contribution < 1.29 is 34.2 Å². The zero-order chi connectivity index (χ0) is 25.0. The van der Waals surface area contributed by atoms with Crippen molar-refractivity contribution in [3.8, 4) is 17.2 Å². The van der Waals surface area contributed by atoms with Crippen LogP contribution in [-0.4, -0.2) is 62.6 Å². The number of carbonyl (C=O) groups is 2. The molecule has 0 aliphatic carbocycles. The zero-order valence-corrected chi connectivity index (χ0v) is 20.3. The van der Waals surface area contributed by atoms with Crippen LogP contribution in [0.2, 0.25) is 0 Å². The fourth-order valence-corrected chi connectivity index (χ4v) is 3.78. The molecule has 34 heavy (non-hydrogen) atoms. The molecule has 1 amide bonds. The number of aromatic hydroxyl groups is 1. The van der Waals surface area contributed by atoms with Crippen LogP contribution in [0.3, 0.4) is 0 Å². The second kappa shape index (κ2) is 10.6. The van der Waals surface area contributed by atoms with Crippen LogP contribution in [0.25, 0.3) is 5.76 Å². The Labute approximate surface area is 200 Å². The van der Waals surface area contributed by atoms with Gasteiger partial charge in [0.05, 0.1) is 46.9 Å². The van der Waals surface area contributed by atoms with Crippen LogP contribution in [0.4, 0.5) is 0 Å². The van der Waals surface area contributed by atoms with Crippen LogP contribution in [0.15, 0.2) is 48.0 Å². The minimum atomic E-state index is -0.877. The molecule has 1 atom stereocenters. The van der Waals surface area contributed by atoms with Crippen molar-refractivity contribution in [2.75, 3.05) is 40.9 Å². The van der Waals surface area contributed by atoms with Crippen LogP contribution in [0, 0.1) is 5.92 Å². The highest BCUT2D eigenvalue weighted by atomic mass is 16.5. The second-order valence-corrected chi connectivity index (χ2v) is 9.09. The minimum absolute atomic E-state index is 0.0731. The normalized spacial score (nSPS) is 17.6. The number of likely N-dealkylation sites (N-methyl/N-ethyl adjacent to an activating group) is 1. The smallest absolute Gasteiger partial charge is 0.295 e. The fraction of sp³-hybridized carbons (Fsp3) is 0.385. The summed E-state index contributed by atoms with van der Waals surface area (Å²) in [5, 5.41) is 23.5. The Kier molecular flexibility index (Phi) is 7.83. The Balaban J connectivity index is 2.07. The van der Waals surface area contributed by atoms with Gasteiger partial charge in [0.2, 0.25) is 5.78 Å². The van der Waals surface area contributed by atoms with Gasteiger partial charge in [0.15, 0.2) is 11.5 Å². The van der Waals surface area contributed by atoms with E-state index in [1.165, 1.54) is 18.1 Å². The molecule has 0 saturated carbocycles. The van der Waals surface area contributed by atoms with Crippen molar-refractivity contribution in [2.45, 2.75) is 19.9 Å². The number of hydrogen-bond acceptors (Lipinski definition) is 6. The van der Waals surface area contributed by atoms with E-state index in [4.69, 9.17) is 9.47 Å². The quantitative estimate of drug-likeness (QED) is 0.321. The molecule has 1 aliphatic heterocycles. The number of nitrogens with zero attached hydrogens (tertiary/aromatic N) is 1. The molecule has 0 radical (unpaired) electrons. The van der Waals surface area contributed by atoms with Crippen LogP contribution in [0.5, 0.6) is 17.2 Å². The molecule has 1 heterocycles. The maximum Gasteiger partial charge on any atom is 0.295 e. The summed E-state index contributed by atoms with van der Waals surface area (Å²) in [6, 6.07) is 10.3. The van der Waals surface area contributed by atoms with E-state index in [1.54, 1.807) is 36.4 Å². The summed E-state index contributed by atoms with van der Waals surface area (Å²) in [7, 11) is 5.30. The van der Waals surface area contributed by atoms with Gasteiger partial charge >= 0.3 is 0 Å². The number of phenols is 1. The molecule has 3 rings (SSSR count). The first-order valence-corrected chi connectivity index (χ1v) is 11.3. The molecule has 1 saturated heterocycles. The Morgan fingerprint density at radius 1 is 1.15 bits per heavy atom. The molecule has 2 aromatic rings. The minimum Gasteiger partial charge on any atom is -0.872 e. The Morgan fingerprint density at radius 3 is 2.41 bits per heavy atom. The summed E-state index contributed by atoms with van der Waals surface area (Å²) in [5.74, 6) is -0.923. The molecule has 0 aromatic heterocycles. The van der Waals surface area contributed by atoms with Crippen molar-refractivity contribution in [1.82, 2.24) is 4.90 Å². The van der Waals surface area contributed by atoms with Gasteiger partial charge in [0, 0.05) is 5.57 Å². The van der Waals surface area contributed by atoms with Gasteiger partial charge in [0.1, 0.15) is 5.75 Å². The summed E-state index contributed by atoms with van der Waals surface area (Å²) >= 11 is 0. The number of quaternary nitrogens is 1. The number of ether oxygens (including phenoxy) is 2. The summed E-state index contributed by atoms with van der Waals surface area (Å²) in [6.07, 6.45) is 0. The number of likely N-dealkylation sites (tertiary alicyclic amines) is 1. The van der Waals surface area contributed by atoms with E-state index in [2.05, 4.69) is 0 Å². The molecule has 1 fully saturated rings. The highest BCUT2D eigenvalue weighted by Gasteiger charge is 2.44. The van der Waals surface area contributed by atoms with Crippen LogP contribution in [0.1, 0.15) is 31.0 Å². The third kappa shape index (κ3) is 5.34. The Hall–Kier alpha value is -3.52. The van der Waals surface area contributed by atoms with Crippen molar-refractivity contribution in [2.24, 2.45) is 5.92 Å². The van der Waals surface area contributed by atoms with E-state index in [0.29, 0.717) is 42.5 Å². The molecule has 182 valence electrons. The van der Waals surface area contributed by atoms with Gasteiger partial charge in [-0.15, -0.1) is 0 Å². The van der Waals surface area contributed by atoms with E-state index in [-0.39, 0.29) is 17.1 Å². The van der Waals surface area contributed by atoms with Gasteiger partial charge in [-0.25, -0.2) is 0 Å². The molecule has 0 bridgehead atoms.